The molecule has 0 radical (unpaired) electrons. The van der Waals surface area contributed by atoms with E-state index in [0.717, 1.165) is 25.9 Å². The van der Waals surface area contributed by atoms with E-state index in [9.17, 15) is 9.59 Å². The second-order valence-electron chi connectivity index (χ2n) is 6.54. The van der Waals surface area contributed by atoms with Gasteiger partial charge in [-0.1, -0.05) is 30.1 Å². The summed E-state index contributed by atoms with van der Waals surface area (Å²) in [6.45, 7) is 3.60. The summed E-state index contributed by atoms with van der Waals surface area (Å²) in [6, 6.07) is 6.38. The van der Waals surface area contributed by atoms with Crippen LogP contribution in [0, 0.1) is 5.92 Å². The third-order valence-electron chi connectivity index (χ3n) is 4.37. The quantitative estimate of drug-likeness (QED) is 0.836. The van der Waals surface area contributed by atoms with Crippen molar-refractivity contribution in [2.24, 2.45) is 5.92 Å². The Bertz CT molecular complexity index is 841. The average molecular weight is 392 g/mol. The number of benzene rings is 1. The first kappa shape index (κ1) is 18.7. The molecule has 1 N–H and O–H groups in total. The number of piperidine rings is 1. The lowest BCUT2D eigenvalue weighted by Crippen LogP contribution is -2.39. The highest BCUT2D eigenvalue weighted by molar-refractivity contribution is 6.36. The number of halogens is 2. The third kappa shape index (κ3) is 4.34. The molecule has 5 nitrogen and oxygen atoms in total. The summed E-state index contributed by atoms with van der Waals surface area (Å²) in [4.78, 5) is 31.1. The van der Waals surface area contributed by atoms with Crippen molar-refractivity contribution in [2.45, 2.75) is 19.8 Å². The molecule has 0 bridgehead atoms. The van der Waals surface area contributed by atoms with Crippen LogP contribution in [0.25, 0.3) is 0 Å². The SMILES string of the molecule is CC1CCCN(C(=O)c2cncc(C(=O)Nc3ccc(Cl)cc3Cl)c2)C1. The lowest BCUT2D eigenvalue weighted by molar-refractivity contribution is 0.0682. The highest BCUT2D eigenvalue weighted by atomic mass is 35.5. The van der Waals surface area contributed by atoms with Crippen molar-refractivity contribution in [1.82, 2.24) is 9.88 Å². The Hall–Kier alpha value is -2.11. The maximum absolute atomic E-state index is 12.7. The van der Waals surface area contributed by atoms with Crippen LogP contribution in [0.4, 0.5) is 5.69 Å². The van der Waals surface area contributed by atoms with Crippen LogP contribution in [-0.2, 0) is 0 Å². The summed E-state index contributed by atoms with van der Waals surface area (Å²) in [5, 5.41) is 3.54. The van der Waals surface area contributed by atoms with Crippen LogP contribution in [0.5, 0.6) is 0 Å². The molecule has 7 heteroatoms. The van der Waals surface area contributed by atoms with Crippen molar-refractivity contribution in [2.75, 3.05) is 18.4 Å². The summed E-state index contributed by atoms with van der Waals surface area (Å²) in [7, 11) is 0. The van der Waals surface area contributed by atoms with Gasteiger partial charge < -0.3 is 10.2 Å². The van der Waals surface area contributed by atoms with Crippen LogP contribution in [0.3, 0.4) is 0 Å². The van der Waals surface area contributed by atoms with Crippen molar-refractivity contribution in [3.8, 4) is 0 Å². The molecule has 1 aliphatic heterocycles. The van der Waals surface area contributed by atoms with Gasteiger partial charge in [0.25, 0.3) is 11.8 Å². The van der Waals surface area contributed by atoms with Gasteiger partial charge in [-0.2, -0.15) is 0 Å². The van der Waals surface area contributed by atoms with Crippen LogP contribution in [0.2, 0.25) is 10.0 Å². The summed E-state index contributed by atoms with van der Waals surface area (Å²) in [6.07, 6.45) is 5.05. The molecule has 1 fully saturated rings. The minimum atomic E-state index is -0.386. The van der Waals surface area contributed by atoms with Crippen LogP contribution in [0.1, 0.15) is 40.5 Å². The predicted octanol–water partition coefficient (Wildman–Crippen LogP) is 4.51. The van der Waals surface area contributed by atoms with Gasteiger partial charge in [0.2, 0.25) is 0 Å². The van der Waals surface area contributed by atoms with E-state index in [-0.39, 0.29) is 11.8 Å². The molecule has 0 saturated carbocycles. The molecular formula is C19H19Cl2N3O2. The molecule has 1 aromatic heterocycles. The van der Waals surface area contributed by atoms with Crippen molar-refractivity contribution in [3.63, 3.8) is 0 Å². The number of hydrogen-bond acceptors (Lipinski definition) is 3. The van der Waals surface area contributed by atoms with E-state index in [2.05, 4.69) is 17.2 Å². The number of hydrogen-bond donors (Lipinski definition) is 1. The zero-order valence-electron chi connectivity index (χ0n) is 14.3. The van der Waals surface area contributed by atoms with Gasteiger partial charge in [-0.15, -0.1) is 0 Å². The Morgan fingerprint density at radius 2 is 1.96 bits per heavy atom. The Morgan fingerprint density at radius 1 is 1.19 bits per heavy atom. The lowest BCUT2D eigenvalue weighted by Gasteiger charge is -2.30. The highest BCUT2D eigenvalue weighted by Crippen LogP contribution is 2.26. The number of amides is 2. The molecule has 0 spiro atoms. The summed E-state index contributed by atoms with van der Waals surface area (Å²) >= 11 is 11.9. The zero-order valence-corrected chi connectivity index (χ0v) is 15.8. The van der Waals surface area contributed by atoms with Crippen molar-refractivity contribution >= 4 is 40.7 Å². The van der Waals surface area contributed by atoms with Crippen molar-refractivity contribution < 1.29 is 9.59 Å². The summed E-state index contributed by atoms with van der Waals surface area (Å²) in [5.41, 5.74) is 1.16. The van der Waals surface area contributed by atoms with E-state index in [1.807, 2.05) is 4.90 Å². The minimum absolute atomic E-state index is 0.0942. The fourth-order valence-corrected chi connectivity index (χ4v) is 3.48. The van der Waals surface area contributed by atoms with Crippen molar-refractivity contribution in [3.05, 3.63) is 57.8 Å². The van der Waals surface area contributed by atoms with Crippen LogP contribution < -0.4 is 5.32 Å². The number of carbonyl (C=O) groups is 2. The molecule has 26 heavy (non-hydrogen) atoms. The van der Waals surface area contributed by atoms with Gasteiger partial charge >= 0.3 is 0 Å². The van der Waals surface area contributed by atoms with Gasteiger partial charge in [0.05, 0.1) is 21.8 Å². The van der Waals surface area contributed by atoms with Gasteiger partial charge in [0, 0.05) is 30.5 Å². The van der Waals surface area contributed by atoms with Gasteiger partial charge in [0.1, 0.15) is 0 Å². The Balaban J connectivity index is 1.75. The second-order valence-corrected chi connectivity index (χ2v) is 7.38. The first-order chi connectivity index (χ1) is 12.4. The number of nitrogens with zero attached hydrogens (tertiary/aromatic N) is 2. The normalized spacial score (nSPS) is 17.0. The van der Waals surface area contributed by atoms with E-state index in [4.69, 9.17) is 23.2 Å². The van der Waals surface area contributed by atoms with E-state index in [1.165, 1.54) is 12.4 Å². The number of anilines is 1. The molecule has 2 amide bonds. The Morgan fingerprint density at radius 3 is 2.69 bits per heavy atom. The maximum Gasteiger partial charge on any atom is 0.257 e. The topological polar surface area (TPSA) is 62.3 Å². The van der Waals surface area contributed by atoms with Gasteiger partial charge in [0.15, 0.2) is 0 Å². The summed E-state index contributed by atoms with van der Waals surface area (Å²) in [5.74, 6) is 0.00537. The number of rotatable bonds is 3. The van der Waals surface area contributed by atoms with Gasteiger partial charge in [-0.3, -0.25) is 14.6 Å². The van der Waals surface area contributed by atoms with E-state index in [0.29, 0.717) is 32.8 Å². The van der Waals surface area contributed by atoms with E-state index in [1.54, 1.807) is 24.3 Å². The van der Waals surface area contributed by atoms with Crippen LogP contribution in [-0.4, -0.2) is 34.8 Å². The summed E-state index contributed by atoms with van der Waals surface area (Å²) < 4.78 is 0. The highest BCUT2D eigenvalue weighted by Gasteiger charge is 2.23. The Labute approximate surface area is 162 Å². The molecule has 1 aromatic carbocycles. The molecule has 2 heterocycles. The average Bonchev–Trinajstić information content (AvgIpc) is 2.63. The van der Waals surface area contributed by atoms with Crippen LogP contribution in [0.15, 0.2) is 36.7 Å². The fourth-order valence-electron chi connectivity index (χ4n) is 3.02. The zero-order chi connectivity index (χ0) is 18.7. The molecule has 1 saturated heterocycles. The van der Waals surface area contributed by atoms with Gasteiger partial charge in [-0.05, 0) is 43.0 Å². The number of pyridine rings is 1. The van der Waals surface area contributed by atoms with Gasteiger partial charge in [-0.25, -0.2) is 0 Å². The molecule has 136 valence electrons. The molecule has 0 aliphatic carbocycles. The van der Waals surface area contributed by atoms with Crippen molar-refractivity contribution in [1.29, 1.82) is 0 Å². The van der Waals surface area contributed by atoms with E-state index < -0.39 is 0 Å². The molecular weight excluding hydrogens is 373 g/mol. The molecule has 1 atom stereocenters. The first-order valence-corrected chi connectivity index (χ1v) is 9.20. The smallest absolute Gasteiger partial charge is 0.257 e. The monoisotopic (exact) mass is 391 g/mol. The molecule has 1 aliphatic rings. The molecule has 3 rings (SSSR count). The fraction of sp³-hybridized carbons (Fsp3) is 0.316. The lowest BCUT2D eigenvalue weighted by atomic mass is 9.99. The largest absolute Gasteiger partial charge is 0.338 e. The number of aromatic nitrogens is 1. The van der Waals surface area contributed by atoms with E-state index >= 15 is 0 Å². The molecule has 2 aromatic rings. The predicted molar refractivity (Wildman–Crippen MR) is 103 cm³/mol. The number of likely N-dealkylation sites (tertiary alicyclic amines) is 1. The standard InChI is InChI=1S/C19H19Cl2N3O2/c1-12-3-2-6-24(11-12)19(26)14-7-13(9-22-10-14)18(25)23-17-5-4-15(20)8-16(17)21/h4-5,7-10,12H,2-3,6,11H2,1H3,(H,23,25). The second kappa shape index (κ2) is 8.06. The maximum atomic E-state index is 12.7. The number of nitrogens with one attached hydrogen (secondary N) is 1. The first-order valence-electron chi connectivity index (χ1n) is 8.45. The molecule has 1 unspecified atom stereocenters. The third-order valence-corrected chi connectivity index (χ3v) is 4.92. The van der Waals surface area contributed by atoms with Crippen LogP contribution >= 0.6 is 23.2 Å². The minimum Gasteiger partial charge on any atom is -0.338 e. The number of carbonyl (C=O) groups excluding carboxylic acids is 2. The Kier molecular flexibility index (Phi) is 5.79.